The molecule has 0 aliphatic rings. The van der Waals surface area contributed by atoms with Crippen molar-refractivity contribution in [2.24, 2.45) is 0 Å². The van der Waals surface area contributed by atoms with Crippen LogP contribution in [-0.4, -0.2) is 30.9 Å². The van der Waals surface area contributed by atoms with Crippen LogP contribution in [-0.2, 0) is 14.3 Å². The van der Waals surface area contributed by atoms with E-state index in [1.807, 2.05) is 0 Å². The minimum absolute atomic E-state index is 0.0443. The summed E-state index contributed by atoms with van der Waals surface area (Å²) >= 11 is 6.07. The lowest BCUT2D eigenvalue weighted by Gasteiger charge is -2.03. The second-order valence-electron chi connectivity index (χ2n) is 3.90. The summed E-state index contributed by atoms with van der Waals surface area (Å²) in [6, 6.07) is 5.82. The maximum absolute atomic E-state index is 11.5. The van der Waals surface area contributed by atoms with Gasteiger partial charge in [0.15, 0.2) is 22.6 Å². The quantitative estimate of drug-likeness (QED) is 0.643. The van der Waals surface area contributed by atoms with E-state index in [4.69, 9.17) is 18.3 Å². The fraction of sp³-hybridized carbons (Fsp3) is 0.154. The van der Waals surface area contributed by atoms with Gasteiger partial charge in [-0.1, -0.05) is 0 Å². The molecule has 7 nitrogen and oxygen atoms in total. The summed E-state index contributed by atoms with van der Waals surface area (Å²) in [5, 5.41) is 0. The number of esters is 2. The third kappa shape index (κ3) is 4.57. The Labute approximate surface area is 140 Å². The zero-order chi connectivity index (χ0) is 16.1. The molecule has 0 radical (unpaired) electrons. The van der Waals surface area contributed by atoms with Crippen molar-refractivity contribution >= 4 is 49.6 Å². The van der Waals surface area contributed by atoms with Crippen LogP contribution in [0, 0.1) is 0 Å². The minimum Gasteiger partial charge on any atom is -0.452 e. The number of ketones is 1. The molecule has 0 saturated carbocycles. The fourth-order valence-electron chi connectivity index (χ4n) is 1.32. The van der Waals surface area contributed by atoms with E-state index < -0.39 is 30.9 Å². The number of carbonyl (C=O) groups excluding carboxylic acids is 3. The van der Waals surface area contributed by atoms with E-state index in [0.717, 1.165) is 0 Å². The van der Waals surface area contributed by atoms with Gasteiger partial charge in [-0.2, -0.15) is 0 Å². The summed E-state index contributed by atoms with van der Waals surface area (Å²) in [5.74, 6) is -2.26. The molecule has 22 heavy (non-hydrogen) atoms. The van der Waals surface area contributed by atoms with Crippen LogP contribution in [0.5, 0.6) is 0 Å². The fourth-order valence-corrected chi connectivity index (χ4v) is 1.94. The molecule has 0 bridgehead atoms. The van der Waals surface area contributed by atoms with Gasteiger partial charge >= 0.3 is 11.9 Å². The number of rotatable bonds is 6. The molecule has 0 unspecified atom stereocenters. The third-order valence-electron chi connectivity index (χ3n) is 2.28. The van der Waals surface area contributed by atoms with Gasteiger partial charge < -0.3 is 18.3 Å². The molecule has 0 spiro atoms. The average molecular weight is 436 g/mol. The maximum Gasteiger partial charge on any atom is 0.374 e. The van der Waals surface area contributed by atoms with E-state index in [-0.39, 0.29) is 11.5 Å². The van der Waals surface area contributed by atoms with Gasteiger partial charge in [0.2, 0.25) is 17.3 Å². The summed E-state index contributed by atoms with van der Waals surface area (Å²) in [6.07, 6.45) is 0. The SMILES string of the molecule is O=C(COC(=O)c1ccc(Br)o1)COC(=O)c1ccc(Br)o1. The Hall–Kier alpha value is -1.87. The molecule has 9 heteroatoms. The van der Waals surface area contributed by atoms with Crippen LogP contribution in [0.2, 0.25) is 0 Å². The van der Waals surface area contributed by atoms with Gasteiger partial charge in [-0.3, -0.25) is 4.79 Å². The van der Waals surface area contributed by atoms with Gasteiger partial charge in [-0.05, 0) is 56.1 Å². The summed E-state index contributed by atoms with van der Waals surface area (Å²) < 4.78 is 20.1. The second kappa shape index (κ2) is 7.41. The summed E-state index contributed by atoms with van der Waals surface area (Å²) in [5.41, 5.74) is 0. The highest BCUT2D eigenvalue weighted by Gasteiger charge is 2.17. The predicted octanol–water partition coefficient (Wildman–Crippen LogP) is 2.98. The van der Waals surface area contributed by atoms with Crippen molar-refractivity contribution < 1.29 is 32.7 Å². The van der Waals surface area contributed by atoms with Crippen molar-refractivity contribution in [3.63, 3.8) is 0 Å². The van der Waals surface area contributed by atoms with E-state index in [0.29, 0.717) is 9.34 Å². The van der Waals surface area contributed by atoms with Crippen LogP contribution >= 0.6 is 31.9 Å². The standard InChI is InChI=1S/C13H8Br2O7/c14-10-3-1-8(21-10)12(17)19-5-7(16)6-20-13(18)9-2-4-11(15)22-9/h1-4H,5-6H2. The average Bonchev–Trinajstić information content (AvgIpc) is 3.10. The first kappa shape index (κ1) is 16.5. The Morgan fingerprint density at radius 1 is 0.818 bits per heavy atom. The van der Waals surface area contributed by atoms with E-state index in [2.05, 4.69) is 31.9 Å². The summed E-state index contributed by atoms with van der Waals surface area (Å²) in [7, 11) is 0. The van der Waals surface area contributed by atoms with Gasteiger partial charge in [0.1, 0.15) is 0 Å². The van der Waals surface area contributed by atoms with E-state index in [1.54, 1.807) is 0 Å². The Bertz CT molecular complexity index is 643. The molecule has 2 rings (SSSR count). The molecule has 0 atom stereocenters. The molecule has 0 amide bonds. The number of ether oxygens (including phenoxy) is 2. The van der Waals surface area contributed by atoms with Gasteiger partial charge in [0.25, 0.3) is 0 Å². The molecule has 0 aliphatic carbocycles. The van der Waals surface area contributed by atoms with Crippen LogP contribution in [0.4, 0.5) is 0 Å². The highest BCUT2D eigenvalue weighted by atomic mass is 79.9. The van der Waals surface area contributed by atoms with Crippen LogP contribution in [0.15, 0.2) is 42.4 Å². The van der Waals surface area contributed by atoms with Crippen molar-refractivity contribution in [3.05, 3.63) is 45.1 Å². The molecule has 0 fully saturated rings. The second-order valence-corrected chi connectivity index (χ2v) is 5.46. The zero-order valence-electron chi connectivity index (χ0n) is 10.8. The lowest BCUT2D eigenvalue weighted by atomic mass is 10.4. The van der Waals surface area contributed by atoms with E-state index in [9.17, 15) is 14.4 Å². The topological polar surface area (TPSA) is 96.0 Å². The Kier molecular flexibility index (Phi) is 5.56. The third-order valence-corrected chi connectivity index (χ3v) is 3.13. The number of hydrogen-bond donors (Lipinski definition) is 0. The van der Waals surface area contributed by atoms with Crippen LogP contribution in [0.25, 0.3) is 0 Å². The Morgan fingerprint density at radius 3 is 1.55 bits per heavy atom. The lowest BCUT2D eigenvalue weighted by Crippen LogP contribution is -2.20. The van der Waals surface area contributed by atoms with Gasteiger partial charge in [0.05, 0.1) is 0 Å². The van der Waals surface area contributed by atoms with Crippen LogP contribution in [0.3, 0.4) is 0 Å². The van der Waals surface area contributed by atoms with Crippen molar-refractivity contribution in [1.29, 1.82) is 0 Å². The molecule has 2 aromatic rings. The van der Waals surface area contributed by atoms with Crippen molar-refractivity contribution in [2.45, 2.75) is 0 Å². The van der Waals surface area contributed by atoms with E-state index in [1.165, 1.54) is 24.3 Å². The highest BCUT2D eigenvalue weighted by molar-refractivity contribution is 9.10. The Balaban J connectivity index is 1.74. The number of halogens is 2. The van der Waals surface area contributed by atoms with Gasteiger partial charge in [-0.25, -0.2) is 9.59 Å². The first-order chi connectivity index (χ1) is 10.5. The number of carbonyl (C=O) groups is 3. The van der Waals surface area contributed by atoms with Crippen molar-refractivity contribution in [2.75, 3.05) is 13.2 Å². The van der Waals surface area contributed by atoms with Gasteiger partial charge in [0, 0.05) is 0 Å². The molecule has 2 aromatic heterocycles. The summed E-state index contributed by atoms with van der Waals surface area (Å²) in [4.78, 5) is 34.5. The van der Waals surface area contributed by atoms with Gasteiger partial charge in [-0.15, -0.1) is 0 Å². The predicted molar refractivity (Wildman–Crippen MR) is 78.4 cm³/mol. The van der Waals surface area contributed by atoms with Crippen LogP contribution < -0.4 is 0 Å². The minimum atomic E-state index is -0.791. The molecular formula is C13H8Br2O7. The highest BCUT2D eigenvalue weighted by Crippen LogP contribution is 2.15. The molecule has 0 saturated heterocycles. The lowest BCUT2D eigenvalue weighted by molar-refractivity contribution is -0.125. The smallest absolute Gasteiger partial charge is 0.374 e. The Morgan fingerprint density at radius 2 is 1.23 bits per heavy atom. The molecule has 2 heterocycles. The van der Waals surface area contributed by atoms with E-state index >= 15 is 0 Å². The first-order valence-corrected chi connectivity index (χ1v) is 7.41. The first-order valence-electron chi connectivity index (χ1n) is 5.82. The van der Waals surface area contributed by atoms with Crippen molar-refractivity contribution in [3.8, 4) is 0 Å². The largest absolute Gasteiger partial charge is 0.452 e. The number of hydrogen-bond acceptors (Lipinski definition) is 7. The molecule has 116 valence electrons. The number of Topliss-reactive ketones (excluding diaryl/α,β-unsaturated/α-hetero) is 1. The molecule has 0 aromatic carbocycles. The number of furan rings is 2. The van der Waals surface area contributed by atoms with Crippen LogP contribution in [0.1, 0.15) is 21.1 Å². The van der Waals surface area contributed by atoms with Crippen molar-refractivity contribution in [1.82, 2.24) is 0 Å². The monoisotopic (exact) mass is 434 g/mol. The summed E-state index contributed by atoms with van der Waals surface area (Å²) in [6.45, 7) is -1.07. The maximum atomic E-state index is 11.5. The normalized spacial score (nSPS) is 10.3. The molecule has 0 aliphatic heterocycles. The zero-order valence-corrected chi connectivity index (χ0v) is 14.0. The molecular weight excluding hydrogens is 428 g/mol. The molecule has 0 N–H and O–H groups in total.